The minimum absolute atomic E-state index is 0.165. The Morgan fingerprint density at radius 2 is 1.80 bits per heavy atom. The van der Waals surface area contributed by atoms with Crippen LogP contribution in [0, 0.1) is 5.82 Å². The summed E-state index contributed by atoms with van der Waals surface area (Å²) in [5.74, 6) is 0.748. The van der Waals surface area contributed by atoms with Crippen molar-refractivity contribution in [3.63, 3.8) is 0 Å². The second-order valence-electron chi connectivity index (χ2n) is 8.09. The van der Waals surface area contributed by atoms with Crippen molar-refractivity contribution in [1.82, 2.24) is 9.80 Å². The van der Waals surface area contributed by atoms with Crippen molar-refractivity contribution >= 4 is 11.8 Å². The monoisotopic (exact) mass is 482 g/mol. The standard InChI is InChI=1S/C26H27FN2O6/c1-32-23-10-7-19(14-24(23)33-2)26(31)28-11-13-35-22(16-28)17-29(15-21-4-3-12-34-21)25(30)18-5-8-20(27)9-6-18/h3-10,12,14,22H,11,13,15-17H2,1-2H3. The van der Waals surface area contributed by atoms with Crippen molar-refractivity contribution in [3.05, 3.63) is 83.6 Å². The number of amides is 2. The lowest BCUT2D eigenvalue weighted by Crippen LogP contribution is -2.50. The summed E-state index contributed by atoms with van der Waals surface area (Å²) < 4.78 is 35.3. The molecule has 0 N–H and O–H groups in total. The summed E-state index contributed by atoms with van der Waals surface area (Å²) in [4.78, 5) is 29.7. The molecule has 0 bridgehead atoms. The Hall–Kier alpha value is -3.85. The molecule has 1 atom stereocenters. The van der Waals surface area contributed by atoms with Crippen LogP contribution < -0.4 is 9.47 Å². The fraction of sp³-hybridized carbons (Fsp3) is 0.308. The number of halogens is 1. The highest BCUT2D eigenvalue weighted by Crippen LogP contribution is 2.28. The van der Waals surface area contributed by atoms with Gasteiger partial charge in [-0.15, -0.1) is 0 Å². The van der Waals surface area contributed by atoms with Gasteiger partial charge in [-0.25, -0.2) is 4.39 Å². The van der Waals surface area contributed by atoms with Crippen molar-refractivity contribution in [1.29, 1.82) is 0 Å². The van der Waals surface area contributed by atoms with Crippen LogP contribution in [0.4, 0.5) is 4.39 Å². The van der Waals surface area contributed by atoms with Crippen molar-refractivity contribution in [2.45, 2.75) is 12.6 Å². The number of nitrogens with zero attached hydrogens (tertiary/aromatic N) is 2. The van der Waals surface area contributed by atoms with Gasteiger partial charge in [0.15, 0.2) is 11.5 Å². The van der Waals surface area contributed by atoms with Gasteiger partial charge in [0, 0.05) is 30.8 Å². The minimum atomic E-state index is -0.418. The molecule has 1 aromatic heterocycles. The Labute approximate surface area is 202 Å². The zero-order valence-corrected chi connectivity index (χ0v) is 19.6. The van der Waals surface area contributed by atoms with Crippen molar-refractivity contribution < 1.29 is 32.6 Å². The highest BCUT2D eigenvalue weighted by molar-refractivity contribution is 5.95. The maximum absolute atomic E-state index is 13.4. The highest BCUT2D eigenvalue weighted by atomic mass is 19.1. The van der Waals surface area contributed by atoms with Crippen LogP contribution in [0.1, 0.15) is 26.5 Å². The first kappa shape index (κ1) is 24.3. The molecule has 1 saturated heterocycles. The summed E-state index contributed by atoms with van der Waals surface area (Å²) in [7, 11) is 3.05. The van der Waals surface area contributed by atoms with E-state index >= 15 is 0 Å². The average molecular weight is 483 g/mol. The van der Waals surface area contributed by atoms with E-state index in [1.807, 2.05) is 0 Å². The van der Waals surface area contributed by atoms with Crippen LogP contribution in [0.5, 0.6) is 11.5 Å². The third-order valence-electron chi connectivity index (χ3n) is 5.79. The Balaban J connectivity index is 1.49. The van der Waals surface area contributed by atoms with Crippen LogP contribution >= 0.6 is 0 Å². The molecule has 0 radical (unpaired) electrons. The second-order valence-corrected chi connectivity index (χ2v) is 8.09. The van der Waals surface area contributed by atoms with Crippen LogP contribution in [0.15, 0.2) is 65.3 Å². The SMILES string of the molecule is COc1ccc(C(=O)N2CCOC(CN(Cc3ccco3)C(=O)c3ccc(F)cc3)C2)cc1OC. The predicted molar refractivity (Wildman–Crippen MR) is 125 cm³/mol. The zero-order chi connectivity index (χ0) is 24.8. The van der Waals surface area contributed by atoms with Gasteiger partial charge in [0.1, 0.15) is 11.6 Å². The second kappa shape index (κ2) is 11.1. The first-order chi connectivity index (χ1) is 17.0. The summed E-state index contributed by atoms with van der Waals surface area (Å²) in [6.45, 7) is 1.51. The lowest BCUT2D eigenvalue weighted by atomic mass is 10.1. The molecule has 0 saturated carbocycles. The van der Waals surface area contributed by atoms with Gasteiger partial charge < -0.3 is 28.4 Å². The quantitative estimate of drug-likeness (QED) is 0.488. The smallest absolute Gasteiger partial charge is 0.254 e. The lowest BCUT2D eigenvalue weighted by molar-refractivity contribution is -0.0344. The van der Waals surface area contributed by atoms with E-state index in [9.17, 15) is 14.0 Å². The summed E-state index contributed by atoms with van der Waals surface area (Å²) in [6.07, 6.45) is 1.13. The maximum atomic E-state index is 13.4. The highest BCUT2D eigenvalue weighted by Gasteiger charge is 2.29. The normalized spacial score (nSPS) is 15.5. The van der Waals surface area contributed by atoms with Gasteiger partial charge >= 0.3 is 0 Å². The van der Waals surface area contributed by atoms with E-state index in [2.05, 4.69) is 0 Å². The van der Waals surface area contributed by atoms with Gasteiger partial charge in [-0.3, -0.25) is 9.59 Å². The van der Waals surface area contributed by atoms with Gasteiger partial charge in [-0.05, 0) is 54.6 Å². The molecule has 9 heteroatoms. The van der Waals surface area contributed by atoms with Gasteiger partial charge in [0.2, 0.25) is 0 Å². The lowest BCUT2D eigenvalue weighted by Gasteiger charge is -2.35. The molecule has 2 aromatic carbocycles. The Morgan fingerprint density at radius 3 is 2.49 bits per heavy atom. The topological polar surface area (TPSA) is 81.5 Å². The molecule has 1 unspecified atom stereocenters. The Morgan fingerprint density at radius 1 is 1.06 bits per heavy atom. The van der Waals surface area contributed by atoms with Crippen LogP contribution in [0.25, 0.3) is 0 Å². The minimum Gasteiger partial charge on any atom is -0.493 e. The van der Waals surface area contributed by atoms with Crippen LogP contribution in [0.3, 0.4) is 0 Å². The van der Waals surface area contributed by atoms with E-state index in [1.54, 1.807) is 40.1 Å². The molecular weight excluding hydrogens is 455 g/mol. The molecule has 8 nitrogen and oxygen atoms in total. The Kier molecular flexibility index (Phi) is 7.67. The molecule has 0 aliphatic carbocycles. The molecule has 184 valence electrons. The third-order valence-corrected chi connectivity index (χ3v) is 5.79. The van der Waals surface area contributed by atoms with Crippen LogP contribution in [-0.4, -0.2) is 68.2 Å². The molecule has 1 aliphatic heterocycles. The summed E-state index contributed by atoms with van der Waals surface area (Å²) in [5.41, 5.74) is 0.824. The van der Waals surface area contributed by atoms with Gasteiger partial charge in [-0.2, -0.15) is 0 Å². The van der Waals surface area contributed by atoms with E-state index in [1.165, 1.54) is 44.7 Å². The number of hydrogen-bond donors (Lipinski definition) is 0. The Bertz CT molecular complexity index is 1150. The first-order valence-corrected chi connectivity index (χ1v) is 11.2. The van der Waals surface area contributed by atoms with Gasteiger partial charge in [-0.1, -0.05) is 0 Å². The molecule has 1 aliphatic rings. The number of methoxy groups -OCH3 is 2. The zero-order valence-electron chi connectivity index (χ0n) is 19.6. The summed E-state index contributed by atoms with van der Waals surface area (Å²) >= 11 is 0. The molecule has 1 fully saturated rings. The number of carbonyl (C=O) groups excluding carboxylic acids is 2. The molecule has 3 aromatic rings. The van der Waals surface area contributed by atoms with Crippen LogP contribution in [-0.2, 0) is 11.3 Å². The number of carbonyl (C=O) groups is 2. The fourth-order valence-electron chi connectivity index (χ4n) is 4.00. The summed E-state index contributed by atoms with van der Waals surface area (Å²) in [5, 5.41) is 0. The maximum Gasteiger partial charge on any atom is 0.254 e. The first-order valence-electron chi connectivity index (χ1n) is 11.2. The number of ether oxygens (including phenoxy) is 3. The molecule has 2 heterocycles. The summed E-state index contributed by atoms with van der Waals surface area (Å²) in [6, 6.07) is 13.9. The van der Waals surface area contributed by atoms with Gasteiger partial charge in [0.25, 0.3) is 11.8 Å². The van der Waals surface area contributed by atoms with Crippen molar-refractivity contribution in [3.8, 4) is 11.5 Å². The molecule has 35 heavy (non-hydrogen) atoms. The predicted octanol–water partition coefficient (Wildman–Crippen LogP) is 3.62. The molecule has 4 rings (SSSR count). The molecular formula is C26H27FN2O6. The number of rotatable bonds is 8. The third kappa shape index (κ3) is 5.81. The average Bonchev–Trinajstić information content (AvgIpc) is 3.41. The number of furan rings is 1. The van der Waals surface area contributed by atoms with E-state index in [-0.39, 0.29) is 24.9 Å². The number of morpholine rings is 1. The van der Waals surface area contributed by atoms with Crippen LogP contribution in [0.2, 0.25) is 0 Å². The molecule has 2 amide bonds. The van der Waals surface area contributed by atoms with Crippen molar-refractivity contribution in [2.75, 3.05) is 40.5 Å². The molecule has 0 spiro atoms. The largest absolute Gasteiger partial charge is 0.493 e. The van der Waals surface area contributed by atoms with E-state index in [0.29, 0.717) is 48.1 Å². The fourth-order valence-corrected chi connectivity index (χ4v) is 4.00. The van der Waals surface area contributed by atoms with E-state index < -0.39 is 11.9 Å². The van der Waals surface area contributed by atoms with E-state index in [0.717, 1.165) is 0 Å². The number of benzene rings is 2. The van der Waals surface area contributed by atoms with Crippen molar-refractivity contribution in [2.24, 2.45) is 0 Å². The van der Waals surface area contributed by atoms with E-state index in [4.69, 9.17) is 18.6 Å². The van der Waals surface area contributed by atoms with Gasteiger partial charge in [0.05, 0.1) is 39.7 Å². The number of hydrogen-bond acceptors (Lipinski definition) is 6.